The fourth-order valence-corrected chi connectivity index (χ4v) is 3.81. The Labute approximate surface area is 175 Å². The zero-order valence-corrected chi connectivity index (χ0v) is 16.2. The van der Waals surface area contributed by atoms with E-state index >= 15 is 0 Å². The first-order chi connectivity index (χ1) is 15.3. The Morgan fingerprint density at radius 3 is 2.45 bits per heavy atom. The Balaban J connectivity index is 1.51. The van der Waals surface area contributed by atoms with Crippen molar-refractivity contribution in [2.75, 3.05) is 0 Å². The minimum Gasteiger partial charge on any atom is -0.353 e. The predicted octanol–water partition coefficient (Wildman–Crippen LogP) is 5.37. The summed E-state index contributed by atoms with van der Waals surface area (Å²) in [6.45, 7) is 0. The molecule has 7 heteroatoms. The minimum absolute atomic E-state index is 0.272. The molecule has 0 aliphatic rings. The molecule has 0 aliphatic carbocycles. The molecule has 6 aromatic rings. The first kappa shape index (κ1) is 17.5. The summed E-state index contributed by atoms with van der Waals surface area (Å²) in [4.78, 5) is 16.7. The molecule has 6 rings (SSSR count). The van der Waals surface area contributed by atoms with Crippen LogP contribution < -0.4 is 0 Å². The van der Waals surface area contributed by atoms with E-state index in [1.165, 1.54) is 12.1 Å². The highest BCUT2D eigenvalue weighted by Gasteiger charge is 2.15. The van der Waals surface area contributed by atoms with Crippen LogP contribution in [0, 0.1) is 5.82 Å². The molecular weight excluding hydrogens is 391 g/mol. The first-order valence-corrected chi connectivity index (χ1v) is 9.75. The molecule has 6 nitrogen and oxygen atoms in total. The van der Waals surface area contributed by atoms with Crippen molar-refractivity contribution < 1.29 is 4.39 Å². The van der Waals surface area contributed by atoms with Crippen molar-refractivity contribution in [2.24, 2.45) is 0 Å². The molecule has 31 heavy (non-hydrogen) atoms. The minimum atomic E-state index is -0.272. The van der Waals surface area contributed by atoms with Crippen LogP contribution in [0.3, 0.4) is 0 Å². The van der Waals surface area contributed by atoms with E-state index < -0.39 is 0 Å². The van der Waals surface area contributed by atoms with Gasteiger partial charge in [0.15, 0.2) is 0 Å². The van der Waals surface area contributed by atoms with E-state index in [4.69, 9.17) is 0 Å². The van der Waals surface area contributed by atoms with Crippen LogP contribution in [0.5, 0.6) is 0 Å². The van der Waals surface area contributed by atoms with E-state index in [2.05, 4.69) is 30.1 Å². The van der Waals surface area contributed by atoms with Gasteiger partial charge >= 0.3 is 0 Å². The van der Waals surface area contributed by atoms with E-state index in [1.807, 2.05) is 30.3 Å². The monoisotopic (exact) mass is 406 g/mol. The second-order valence-corrected chi connectivity index (χ2v) is 7.24. The van der Waals surface area contributed by atoms with Gasteiger partial charge < -0.3 is 4.98 Å². The molecule has 0 atom stereocenters. The van der Waals surface area contributed by atoms with E-state index in [9.17, 15) is 4.39 Å². The van der Waals surface area contributed by atoms with Crippen molar-refractivity contribution in [1.29, 1.82) is 0 Å². The zero-order valence-electron chi connectivity index (χ0n) is 16.2. The SMILES string of the molecule is Fc1ccc(-c2nccc3[nH]c(-c4n[nH]c5cnc(-c6cccnc6)cc45)cc23)cc1. The van der Waals surface area contributed by atoms with Gasteiger partial charge in [-0.15, -0.1) is 0 Å². The fourth-order valence-electron chi connectivity index (χ4n) is 3.81. The van der Waals surface area contributed by atoms with Gasteiger partial charge in [-0.1, -0.05) is 0 Å². The van der Waals surface area contributed by atoms with Crippen LogP contribution in [0.4, 0.5) is 4.39 Å². The number of nitrogens with zero attached hydrogens (tertiary/aromatic N) is 4. The molecule has 148 valence electrons. The number of aromatic amines is 2. The van der Waals surface area contributed by atoms with Gasteiger partial charge in [0.2, 0.25) is 0 Å². The van der Waals surface area contributed by atoms with Crippen molar-refractivity contribution in [2.45, 2.75) is 0 Å². The summed E-state index contributed by atoms with van der Waals surface area (Å²) in [5, 5.41) is 9.49. The van der Waals surface area contributed by atoms with Crippen LogP contribution in [-0.2, 0) is 0 Å². The summed E-state index contributed by atoms with van der Waals surface area (Å²) in [6, 6.07) is 16.2. The Bertz CT molecular complexity index is 1530. The third-order valence-electron chi connectivity index (χ3n) is 5.33. The van der Waals surface area contributed by atoms with Crippen molar-refractivity contribution in [1.82, 2.24) is 30.1 Å². The molecular formula is C24H15FN6. The van der Waals surface area contributed by atoms with Gasteiger partial charge in [-0.05, 0) is 54.6 Å². The lowest BCUT2D eigenvalue weighted by Crippen LogP contribution is -1.85. The maximum absolute atomic E-state index is 13.4. The molecule has 0 saturated carbocycles. The van der Waals surface area contributed by atoms with E-state index in [1.54, 1.807) is 36.9 Å². The molecule has 0 unspecified atom stereocenters. The Hall–Kier alpha value is -4.39. The molecule has 0 saturated heterocycles. The van der Waals surface area contributed by atoms with E-state index in [0.717, 1.165) is 55.7 Å². The van der Waals surface area contributed by atoms with Crippen molar-refractivity contribution in [3.05, 3.63) is 85.2 Å². The summed E-state index contributed by atoms with van der Waals surface area (Å²) >= 11 is 0. The van der Waals surface area contributed by atoms with Gasteiger partial charge in [0, 0.05) is 46.0 Å². The van der Waals surface area contributed by atoms with Gasteiger partial charge in [0.05, 0.1) is 28.8 Å². The third-order valence-corrected chi connectivity index (χ3v) is 5.33. The average Bonchev–Trinajstić information content (AvgIpc) is 3.43. The standard InChI is InChI=1S/C24H15FN6/c25-16-5-3-14(4-6-16)23-17-11-21(29-19(17)7-9-27-23)24-18-10-20(15-2-1-8-26-12-15)28-13-22(18)30-31-24/h1-13,29H,(H,30,31). The number of benzene rings is 1. The smallest absolute Gasteiger partial charge is 0.123 e. The first-order valence-electron chi connectivity index (χ1n) is 9.75. The lowest BCUT2D eigenvalue weighted by Gasteiger charge is -2.02. The zero-order chi connectivity index (χ0) is 20.8. The number of nitrogens with one attached hydrogen (secondary N) is 2. The number of halogens is 1. The van der Waals surface area contributed by atoms with Crippen LogP contribution in [-0.4, -0.2) is 30.1 Å². The van der Waals surface area contributed by atoms with Crippen LogP contribution >= 0.6 is 0 Å². The molecule has 5 heterocycles. The average molecular weight is 406 g/mol. The van der Waals surface area contributed by atoms with E-state index in [-0.39, 0.29) is 5.82 Å². The molecule has 0 amide bonds. The molecule has 2 N–H and O–H groups in total. The van der Waals surface area contributed by atoms with Crippen LogP contribution in [0.1, 0.15) is 0 Å². The Kier molecular flexibility index (Phi) is 3.86. The van der Waals surface area contributed by atoms with Crippen molar-refractivity contribution in [3.63, 3.8) is 0 Å². The van der Waals surface area contributed by atoms with Gasteiger partial charge in [0.1, 0.15) is 11.5 Å². The number of hydrogen-bond donors (Lipinski definition) is 2. The Morgan fingerprint density at radius 1 is 0.742 bits per heavy atom. The number of pyridine rings is 3. The van der Waals surface area contributed by atoms with E-state index in [0.29, 0.717) is 0 Å². The van der Waals surface area contributed by atoms with Crippen LogP contribution in [0.15, 0.2) is 79.4 Å². The maximum Gasteiger partial charge on any atom is 0.123 e. The van der Waals surface area contributed by atoms with Gasteiger partial charge in [-0.25, -0.2) is 4.39 Å². The molecule has 0 radical (unpaired) electrons. The molecule has 1 aromatic carbocycles. The van der Waals surface area contributed by atoms with Crippen LogP contribution in [0.25, 0.3) is 55.7 Å². The van der Waals surface area contributed by atoms with Crippen LogP contribution in [0.2, 0.25) is 0 Å². The number of hydrogen-bond acceptors (Lipinski definition) is 4. The highest BCUT2D eigenvalue weighted by atomic mass is 19.1. The lowest BCUT2D eigenvalue weighted by molar-refractivity contribution is 0.628. The summed E-state index contributed by atoms with van der Waals surface area (Å²) in [5.74, 6) is -0.272. The number of aromatic nitrogens is 6. The summed E-state index contributed by atoms with van der Waals surface area (Å²) in [7, 11) is 0. The van der Waals surface area contributed by atoms with Gasteiger partial charge in [-0.2, -0.15) is 5.10 Å². The summed E-state index contributed by atoms with van der Waals surface area (Å²) < 4.78 is 13.4. The van der Waals surface area contributed by atoms with Gasteiger partial charge in [0.25, 0.3) is 0 Å². The number of fused-ring (bicyclic) bond motifs is 2. The molecule has 0 aliphatic heterocycles. The lowest BCUT2D eigenvalue weighted by atomic mass is 10.1. The fraction of sp³-hybridized carbons (Fsp3) is 0. The third kappa shape index (κ3) is 2.95. The topological polar surface area (TPSA) is 83.1 Å². The quantitative estimate of drug-likeness (QED) is 0.414. The summed E-state index contributed by atoms with van der Waals surface area (Å²) in [5.41, 5.74) is 6.85. The second-order valence-electron chi connectivity index (χ2n) is 7.24. The number of rotatable bonds is 3. The molecule has 0 spiro atoms. The highest BCUT2D eigenvalue weighted by molar-refractivity contribution is 6.00. The molecule has 0 fully saturated rings. The molecule has 5 aromatic heterocycles. The highest BCUT2D eigenvalue weighted by Crippen LogP contribution is 2.33. The van der Waals surface area contributed by atoms with Crippen molar-refractivity contribution >= 4 is 21.8 Å². The predicted molar refractivity (Wildman–Crippen MR) is 118 cm³/mol. The number of H-pyrrole nitrogens is 2. The van der Waals surface area contributed by atoms with Crippen molar-refractivity contribution in [3.8, 4) is 33.9 Å². The normalized spacial score (nSPS) is 11.4. The Morgan fingerprint density at radius 2 is 1.61 bits per heavy atom. The maximum atomic E-state index is 13.4. The largest absolute Gasteiger partial charge is 0.353 e. The second kappa shape index (κ2) is 6.84. The van der Waals surface area contributed by atoms with Gasteiger partial charge in [-0.3, -0.25) is 20.1 Å². The molecule has 0 bridgehead atoms. The summed E-state index contributed by atoms with van der Waals surface area (Å²) in [6.07, 6.45) is 7.05.